The second kappa shape index (κ2) is 7.54. The van der Waals surface area contributed by atoms with Gasteiger partial charge in [-0.05, 0) is 24.6 Å². The highest BCUT2D eigenvalue weighted by Crippen LogP contribution is 2.32. The molecule has 1 aromatic rings. The Hall–Kier alpha value is -0.870. The van der Waals surface area contributed by atoms with Gasteiger partial charge in [0.1, 0.15) is 11.5 Å². The molecule has 1 rings (SSSR count). The maximum absolute atomic E-state index is 10.2. The van der Waals surface area contributed by atoms with Crippen LogP contribution in [0.2, 0.25) is 0 Å². The minimum atomic E-state index is -0.533. The number of aliphatic hydroxyl groups is 1. The van der Waals surface area contributed by atoms with Gasteiger partial charge in [0.05, 0.1) is 20.3 Å². The molecule has 18 heavy (non-hydrogen) atoms. The van der Waals surface area contributed by atoms with Crippen LogP contribution in [0.5, 0.6) is 11.5 Å². The van der Waals surface area contributed by atoms with Gasteiger partial charge in [0.15, 0.2) is 0 Å². The smallest absolute Gasteiger partial charge is 0.124 e. The summed E-state index contributed by atoms with van der Waals surface area (Å²) in [4.78, 5) is 0. The van der Waals surface area contributed by atoms with Crippen LogP contribution in [0.25, 0.3) is 0 Å². The highest BCUT2D eigenvalue weighted by molar-refractivity contribution is 7.99. The molecule has 0 aliphatic rings. The van der Waals surface area contributed by atoms with Gasteiger partial charge in [-0.1, -0.05) is 13.8 Å². The van der Waals surface area contributed by atoms with Crippen LogP contribution < -0.4 is 9.47 Å². The van der Waals surface area contributed by atoms with Gasteiger partial charge in [-0.2, -0.15) is 11.8 Å². The molecule has 0 amide bonds. The average Bonchev–Trinajstić information content (AvgIpc) is 2.43. The Morgan fingerprint density at radius 1 is 1.28 bits per heavy atom. The molecule has 0 aromatic heterocycles. The molecule has 0 saturated heterocycles. The first-order valence-corrected chi connectivity index (χ1v) is 7.18. The summed E-state index contributed by atoms with van der Waals surface area (Å²) in [6.45, 7) is 4.32. The molecule has 2 atom stereocenters. The van der Waals surface area contributed by atoms with Gasteiger partial charge in [-0.3, -0.25) is 0 Å². The fourth-order valence-electron chi connectivity index (χ4n) is 1.56. The molecule has 2 unspecified atom stereocenters. The summed E-state index contributed by atoms with van der Waals surface area (Å²) in [5.41, 5.74) is 0.785. The van der Waals surface area contributed by atoms with E-state index in [-0.39, 0.29) is 0 Å². The van der Waals surface area contributed by atoms with Gasteiger partial charge in [-0.25, -0.2) is 0 Å². The van der Waals surface area contributed by atoms with Crippen LogP contribution in [-0.4, -0.2) is 30.3 Å². The number of thioether (sulfide) groups is 1. The van der Waals surface area contributed by atoms with E-state index >= 15 is 0 Å². The van der Waals surface area contributed by atoms with E-state index in [1.165, 1.54) is 0 Å². The van der Waals surface area contributed by atoms with Crippen molar-refractivity contribution in [1.82, 2.24) is 0 Å². The van der Waals surface area contributed by atoms with Gasteiger partial charge in [0, 0.05) is 16.6 Å². The first-order valence-electron chi connectivity index (χ1n) is 6.13. The molecule has 0 spiro atoms. The van der Waals surface area contributed by atoms with Crippen molar-refractivity contribution in [2.75, 3.05) is 20.0 Å². The summed E-state index contributed by atoms with van der Waals surface area (Å²) in [7, 11) is 3.23. The molecular formula is C14H22O3S. The lowest BCUT2D eigenvalue weighted by molar-refractivity contribution is 0.198. The largest absolute Gasteiger partial charge is 0.497 e. The van der Waals surface area contributed by atoms with Gasteiger partial charge >= 0.3 is 0 Å². The van der Waals surface area contributed by atoms with Crippen molar-refractivity contribution >= 4 is 11.8 Å². The lowest BCUT2D eigenvalue weighted by atomic mass is 10.1. The Morgan fingerprint density at radius 3 is 2.56 bits per heavy atom. The summed E-state index contributed by atoms with van der Waals surface area (Å²) in [5.74, 6) is 2.10. The maximum Gasteiger partial charge on any atom is 0.124 e. The van der Waals surface area contributed by atoms with Crippen LogP contribution in [-0.2, 0) is 0 Å². The van der Waals surface area contributed by atoms with E-state index in [1.54, 1.807) is 26.0 Å². The number of rotatable bonds is 7. The highest BCUT2D eigenvalue weighted by atomic mass is 32.2. The monoisotopic (exact) mass is 270 g/mol. The molecule has 0 bridgehead atoms. The van der Waals surface area contributed by atoms with E-state index in [2.05, 4.69) is 13.8 Å². The second-order valence-electron chi connectivity index (χ2n) is 4.18. The molecule has 102 valence electrons. The van der Waals surface area contributed by atoms with Crippen molar-refractivity contribution in [3.63, 3.8) is 0 Å². The molecule has 1 aromatic carbocycles. The van der Waals surface area contributed by atoms with E-state index in [1.807, 2.05) is 18.2 Å². The number of methoxy groups -OCH3 is 2. The summed E-state index contributed by atoms with van der Waals surface area (Å²) in [6.07, 6.45) is 0.571. The molecule has 0 heterocycles. The standard InChI is InChI=1S/C14H22O3S/c1-5-10(2)18-9-13(15)12-8-11(16-3)6-7-14(12)17-4/h6-8,10,13,15H,5,9H2,1-4H3. The Bertz CT molecular complexity index is 368. The normalized spacial score (nSPS) is 14.1. The number of hydrogen-bond acceptors (Lipinski definition) is 4. The average molecular weight is 270 g/mol. The number of benzene rings is 1. The van der Waals surface area contributed by atoms with Gasteiger partial charge < -0.3 is 14.6 Å². The third kappa shape index (κ3) is 4.10. The van der Waals surface area contributed by atoms with Crippen LogP contribution in [0.15, 0.2) is 18.2 Å². The minimum absolute atomic E-state index is 0.533. The lowest BCUT2D eigenvalue weighted by Gasteiger charge is -2.17. The molecule has 0 saturated carbocycles. The quantitative estimate of drug-likeness (QED) is 0.825. The molecule has 0 aliphatic heterocycles. The van der Waals surface area contributed by atoms with E-state index < -0.39 is 6.10 Å². The summed E-state index contributed by atoms with van der Waals surface area (Å²) < 4.78 is 10.5. The van der Waals surface area contributed by atoms with Crippen LogP contribution >= 0.6 is 11.8 Å². The Morgan fingerprint density at radius 2 is 2.00 bits per heavy atom. The van der Waals surface area contributed by atoms with Gasteiger partial charge in [0.25, 0.3) is 0 Å². The molecule has 0 aliphatic carbocycles. The predicted octanol–water partition coefficient (Wildman–Crippen LogP) is 3.27. The zero-order valence-electron chi connectivity index (χ0n) is 11.5. The topological polar surface area (TPSA) is 38.7 Å². The molecule has 0 radical (unpaired) electrons. The van der Waals surface area contributed by atoms with Gasteiger partial charge in [0.2, 0.25) is 0 Å². The van der Waals surface area contributed by atoms with Crippen LogP contribution in [0, 0.1) is 0 Å². The SMILES string of the molecule is CCC(C)SCC(O)c1cc(OC)ccc1OC. The summed E-state index contributed by atoms with van der Waals surface area (Å²) in [5, 5.41) is 10.8. The molecule has 1 N–H and O–H groups in total. The van der Waals surface area contributed by atoms with E-state index in [9.17, 15) is 5.11 Å². The Balaban J connectivity index is 2.78. The fraction of sp³-hybridized carbons (Fsp3) is 0.571. The third-order valence-electron chi connectivity index (χ3n) is 2.91. The lowest BCUT2D eigenvalue weighted by Crippen LogP contribution is -2.06. The molecule has 3 nitrogen and oxygen atoms in total. The Labute approximate surface area is 113 Å². The van der Waals surface area contributed by atoms with E-state index in [4.69, 9.17) is 9.47 Å². The van der Waals surface area contributed by atoms with Crippen molar-refractivity contribution in [3.8, 4) is 11.5 Å². The van der Waals surface area contributed by atoms with Gasteiger partial charge in [-0.15, -0.1) is 0 Å². The van der Waals surface area contributed by atoms with Crippen LogP contribution in [0.3, 0.4) is 0 Å². The highest BCUT2D eigenvalue weighted by Gasteiger charge is 2.15. The third-order valence-corrected chi connectivity index (χ3v) is 4.32. The first kappa shape index (κ1) is 15.2. The zero-order chi connectivity index (χ0) is 13.5. The summed E-state index contributed by atoms with van der Waals surface area (Å²) >= 11 is 1.77. The zero-order valence-corrected chi connectivity index (χ0v) is 12.3. The van der Waals surface area contributed by atoms with Crippen LogP contribution in [0.4, 0.5) is 0 Å². The minimum Gasteiger partial charge on any atom is -0.497 e. The number of ether oxygens (including phenoxy) is 2. The van der Waals surface area contributed by atoms with Crippen LogP contribution in [0.1, 0.15) is 31.9 Å². The molecule has 0 fully saturated rings. The fourth-order valence-corrected chi connectivity index (χ4v) is 2.49. The van der Waals surface area contributed by atoms with E-state index in [0.717, 1.165) is 17.7 Å². The van der Waals surface area contributed by atoms with Crippen molar-refractivity contribution < 1.29 is 14.6 Å². The van der Waals surface area contributed by atoms with Crippen molar-refractivity contribution in [3.05, 3.63) is 23.8 Å². The Kier molecular flexibility index (Phi) is 6.36. The van der Waals surface area contributed by atoms with Crippen molar-refractivity contribution in [2.45, 2.75) is 31.6 Å². The maximum atomic E-state index is 10.2. The van der Waals surface area contributed by atoms with Crippen molar-refractivity contribution in [1.29, 1.82) is 0 Å². The first-order chi connectivity index (χ1) is 8.62. The second-order valence-corrected chi connectivity index (χ2v) is 5.65. The number of aliphatic hydroxyl groups excluding tert-OH is 1. The van der Waals surface area contributed by atoms with Crippen molar-refractivity contribution in [2.24, 2.45) is 0 Å². The molecular weight excluding hydrogens is 248 g/mol. The summed E-state index contributed by atoms with van der Waals surface area (Å²) in [6, 6.07) is 5.49. The van der Waals surface area contributed by atoms with E-state index in [0.29, 0.717) is 16.8 Å². The predicted molar refractivity (Wildman–Crippen MR) is 76.7 cm³/mol. The molecule has 4 heteroatoms. The number of hydrogen-bond donors (Lipinski definition) is 1.